The van der Waals surface area contributed by atoms with E-state index in [-0.39, 0.29) is 19.2 Å². The second-order valence-corrected chi connectivity index (χ2v) is 3.94. The zero-order chi connectivity index (χ0) is 12.7. The smallest absolute Gasteiger partial charge is 0.413 e. The molecule has 0 spiro atoms. The van der Waals surface area contributed by atoms with Crippen LogP contribution in [0.5, 0.6) is 0 Å². The van der Waals surface area contributed by atoms with Gasteiger partial charge >= 0.3 is 6.09 Å². The predicted molar refractivity (Wildman–Crippen MR) is 60.4 cm³/mol. The molecular formula is C11H18N2O4. The summed E-state index contributed by atoms with van der Waals surface area (Å²) in [5.41, 5.74) is 0. The van der Waals surface area contributed by atoms with Crippen molar-refractivity contribution in [3.05, 3.63) is 0 Å². The highest BCUT2D eigenvalue weighted by molar-refractivity contribution is 5.93. The summed E-state index contributed by atoms with van der Waals surface area (Å²) >= 11 is 0. The number of alkyl carbamates (subject to hydrolysis) is 1. The Morgan fingerprint density at radius 3 is 2.88 bits per heavy atom. The maximum absolute atomic E-state index is 11.5. The van der Waals surface area contributed by atoms with Gasteiger partial charge in [0, 0.05) is 0 Å². The molecule has 1 rings (SSSR count). The summed E-state index contributed by atoms with van der Waals surface area (Å²) in [5, 5.41) is 2.12. The highest BCUT2D eigenvalue weighted by atomic mass is 16.5. The average Bonchev–Trinajstić information content (AvgIpc) is 2.29. The number of carbonyl (C=O) groups is 3. The van der Waals surface area contributed by atoms with Crippen LogP contribution in [0.3, 0.4) is 0 Å². The number of nitrogens with zero attached hydrogens (tertiary/aromatic N) is 1. The van der Waals surface area contributed by atoms with Crippen molar-refractivity contribution in [3.8, 4) is 0 Å². The summed E-state index contributed by atoms with van der Waals surface area (Å²) in [6, 6.07) is -0.211. The minimum absolute atomic E-state index is 0.0578. The van der Waals surface area contributed by atoms with Gasteiger partial charge in [0.1, 0.15) is 6.29 Å². The van der Waals surface area contributed by atoms with Gasteiger partial charge in [0.15, 0.2) is 0 Å². The van der Waals surface area contributed by atoms with Gasteiger partial charge in [0.05, 0.1) is 19.2 Å². The van der Waals surface area contributed by atoms with E-state index in [1.165, 1.54) is 0 Å². The lowest BCUT2D eigenvalue weighted by Gasteiger charge is -2.31. The van der Waals surface area contributed by atoms with E-state index in [1.807, 2.05) is 0 Å². The number of carbonyl (C=O) groups excluding carboxylic acids is 3. The minimum atomic E-state index is -0.739. The fourth-order valence-corrected chi connectivity index (χ4v) is 1.87. The molecule has 0 aromatic heterocycles. The van der Waals surface area contributed by atoms with Crippen molar-refractivity contribution in [2.45, 2.75) is 32.2 Å². The molecule has 17 heavy (non-hydrogen) atoms. The van der Waals surface area contributed by atoms with Gasteiger partial charge in [-0.1, -0.05) is 6.42 Å². The van der Waals surface area contributed by atoms with Crippen molar-refractivity contribution >= 4 is 18.3 Å². The van der Waals surface area contributed by atoms with Gasteiger partial charge in [0.2, 0.25) is 5.91 Å². The third-order valence-electron chi connectivity index (χ3n) is 2.68. The lowest BCUT2D eigenvalue weighted by Crippen LogP contribution is -2.47. The molecule has 1 aliphatic rings. The van der Waals surface area contributed by atoms with Gasteiger partial charge in [-0.15, -0.1) is 0 Å². The molecular weight excluding hydrogens is 224 g/mol. The minimum Gasteiger partial charge on any atom is -0.450 e. The molecule has 1 N–H and O–H groups in total. The number of piperidine rings is 1. The van der Waals surface area contributed by atoms with Crippen LogP contribution in [0.25, 0.3) is 0 Å². The Hall–Kier alpha value is -1.43. The second kappa shape index (κ2) is 7.01. The van der Waals surface area contributed by atoms with Crippen LogP contribution in [0.2, 0.25) is 0 Å². The first-order valence-corrected chi connectivity index (χ1v) is 5.83. The molecule has 6 nitrogen and oxygen atoms in total. The lowest BCUT2D eigenvalue weighted by molar-refractivity contribution is -0.123. The van der Waals surface area contributed by atoms with E-state index in [0.29, 0.717) is 6.54 Å². The fourth-order valence-electron chi connectivity index (χ4n) is 1.87. The number of nitrogens with one attached hydrogen (secondary N) is 1. The molecule has 96 valence electrons. The molecule has 0 aromatic rings. The second-order valence-electron chi connectivity index (χ2n) is 3.94. The summed E-state index contributed by atoms with van der Waals surface area (Å²) in [6.07, 6.45) is 2.86. The topological polar surface area (TPSA) is 75.7 Å². The Kier molecular flexibility index (Phi) is 5.62. The Labute approximate surface area is 100 Å². The van der Waals surface area contributed by atoms with Crippen molar-refractivity contribution in [2.75, 3.05) is 19.7 Å². The standard InChI is InChI=1S/C11H18N2O4/c1-2-17-11(16)12-10(15)7-13-6-4-3-5-9(13)8-14/h8-9H,2-7H2,1H3,(H,12,15,16). The number of likely N-dealkylation sites (tertiary alicyclic amines) is 1. The average molecular weight is 242 g/mol. The third kappa shape index (κ3) is 4.52. The number of ether oxygens (including phenoxy) is 1. The molecule has 0 aliphatic carbocycles. The molecule has 1 saturated heterocycles. The van der Waals surface area contributed by atoms with Gasteiger partial charge in [0.25, 0.3) is 0 Å². The predicted octanol–water partition coefficient (Wildman–Crippen LogP) is 0.312. The van der Waals surface area contributed by atoms with Gasteiger partial charge in [-0.25, -0.2) is 4.79 Å². The van der Waals surface area contributed by atoms with Crippen molar-refractivity contribution < 1.29 is 19.1 Å². The molecule has 1 aliphatic heterocycles. The van der Waals surface area contributed by atoms with E-state index in [0.717, 1.165) is 25.5 Å². The molecule has 0 aromatic carbocycles. The van der Waals surface area contributed by atoms with E-state index in [2.05, 4.69) is 10.1 Å². The van der Waals surface area contributed by atoms with Crippen LogP contribution < -0.4 is 5.32 Å². The van der Waals surface area contributed by atoms with E-state index in [4.69, 9.17) is 0 Å². The van der Waals surface area contributed by atoms with Crippen molar-refractivity contribution in [2.24, 2.45) is 0 Å². The highest BCUT2D eigenvalue weighted by Gasteiger charge is 2.24. The molecule has 1 atom stereocenters. The first-order chi connectivity index (χ1) is 8.17. The number of rotatable bonds is 4. The molecule has 6 heteroatoms. The number of imide groups is 1. The van der Waals surface area contributed by atoms with E-state index < -0.39 is 12.0 Å². The van der Waals surface area contributed by atoms with Crippen molar-refractivity contribution in [1.29, 1.82) is 0 Å². The van der Waals surface area contributed by atoms with Gasteiger partial charge in [-0.3, -0.25) is 15.0 Å². The van der Waals surface area contributed by atoms with Crippen LogP contribution >= 0.6 is 0 Å². The van der Waals surface area contributed by atoms with Gasteiger partial charge in [-0.2, -0.15) is 0 Å². The van der Waals surface area contributed by atoms with Crippen molar-refractivity contribution in [3.63, 3.8) is 0 Å². The summed E-state index contributed by atoms with van der Waals surface area (Å²) in [7, 11) is 0. The largest absolute Gasteiger partial charge is 0.450 e. The Balaban J connectivity index is 2.38. The van der Waals surface area contributed by atoms with E-state index in [9.17, 15) is 14.4 Å². The van der Waals surface area contributed by atoms with Crippen LogP contribution in [-0.4, -0.2) is 48.9 Å². The zero-order valence-corrected chi connectivity index (χ0v) is 9.98. The van der Waals surface area contributed by atoms with Crippen LogP contribution in [0, 0.1) is 0 Å². The molecule has 1 unspecified atom stereocenters. The maximum Gasteiger partial charge on any atom is 0.413 e. The lowest BCUT2D eigenvalue weighted by atomic mass is 10.0. The maximum atomic E-state index is 11.5. The van der Waals surface area contributed by atoms with Gasteiger partial charge in [-0.05, 0) is 26.3 Å². The quantitative estimate of drug-likeness (QED) is 0.718. The molecule has 0 bridgehead atoms. The highest BCUT2D eigenvalue weighted by Crippen LogP contribution is 2.14. The Bertz CT molecular complexity index is 293. The monoisotopic (exact) mass is 242 g/mol. The van der Waals surface area contributed by atoms with E-state index in [1.54, 1.807) is 11.8 Å². The first kappa shape index (κ1) is 13.6. The third-order valence-corrected chi connectivity index (χ3v) is 2.68. The van der Waals surface area contributed by atoms with Gasteiger partial charge < -0.3 is 9.53 Å². The van der Waals surface area contributed by atoms with Crippen LogP contribution in [0.4, 0.5) is 4.79 Å². The summed E-state index contributed by atoms with van der Waals surface area (Å²) < 4.78 is 4.60. The SMILES string of the molecule is CCOC(=O)NC(=O)CN1CCCCC1C=O. The number of hydrogen-bond donors (Lipinski definition) is 1. The molecule has 1 fully saturated rings. The van der Waals surface area contributed by atoms with Crippen LogP contribution in [-0.2, 0) is 14.3 Å². The fraction of sp³-hybridized carbons (Fsp3) is 0.727. The molecule has 1 heterocycles. The normalized spacial score (nSPS) is 20.6. The van der Waals surface area contributed by atoms with Crippen LogP contribution in [0.15, 0.2) is 0 Å². The molecule has 2 amide bonds. The number of hydrogen-bond acceptors (Lipinski definition) is 5. The molecule has 0 radical (unpaired) electrons. The zero-order valence-electron chi connectivity index (χ0n) is 9.98. The Morgan fingerprint density at radius 2 is 2.24 bits per heavy atom. The van der Waals surface area contributed by atoms with Crippen LogP contribution in [0.1, 0.15) is 26.2 Å². The number of aldehydes is 1. The summed E-state index contributed by atoms with van der Waals surface area (Å²) in [4.78, 5) is 35.1. The summed E-state index contributed by atoms with van der Waals surface area (Å²) in [6.45, 7) is 2.65. The first-order valence-electron chi connectivity index (χ1n) is 5.83. The molecule has 0 saturated carbocycles. The van der Waals surface area contributed by atoms with Crippen molar-refractivity contribution in [1.82, 2.24) is 10.2 Å². The Morgan fingerprint density at radius 1 is 1.47 bits per heavy atom. The van der Waals surface area contributed by atoms with E-state index >= 15 is 0 Å². The number of amides is 2. The summed E-state index contributed by atoms with van der Waals surface area (Å²) in [5.74, 6) is -0.433.